The van der Waals surface area contributed by atoms with Gasteiger partial charge in [-0.1, -0.05) is 18.2 Å². The molecule has 0 aliphatic rings. The number of nitrogens with one attached hydrogen (secondary N) is 1. The second kappa shape index (κ2) is 8.51. The van der Waals surface area contributed by atoms with Gasteiger partial charge in [0.25, 0.3) is 5.91 Å². The lowest BCUT2D eigenvalue weighted by atomic mass is 10.2. The Balaban J connectivity index is 2.88. The summed E-state index contributed by atoms with van der Waals surface area (Å²) >= 11 is 0. The Bertz CT molecular complexity index is 597. The molecule has 22 heavy (non-hydrogen) atoms. The lowest BCUT2D eigenvalue weighted by Crippen LogP contribution is -2.28. The number of carbonyl (C=O) groups is 2. The summed E-state index contributed by atoms with van der Waals surface area (Å²) in [4.78, 5) is 23.8. The Hall–Kier alpha value is -1.91. The SMILES string of the molecule is CCOP(C)(=O)CC=C(NC(=O)c1ccccc1)C(=O)OC. The van der Waals surface area contributed by atoms with Crippen molar-refractivity contribution in [2.75, 3.05) is 26.5 Å². The van der Waals surface area contributed by atoms with E-state index in [9.17, 15) is 14.2 Å². The number of rotatable bonds is 7. The van der Waals surface area contributed by atoms with E-state index >= 15 is 0 Å². The smallest absolute Gasteiger partial charge is 0.354 e. The van der Waals surface area contributed by atoms with Gasteiger partial charge < -0.3 is 14.6 Å². The summed E-state index contributed by atoms with van der Waals surface area (Å²) in [6.07, 6.45) is 1.39. The molecule has 0 saturated carbocycles. The van der Waals surface area contributed by atoms with E-state index in [4.69, 9.17) is 4.52 Å². The lowest BCUT2D eigenvalue weighted by Gasteiger charge is -2.12. The summed E-state index contributed by atoms with van der Waals surface area (Å²) < 4.78 is 21.8. The molecule has 0 radical (unpaired) electrons. The van der Waals surface area contributed by atoms with Gasteiger partial charge in [0.1, 0.15) is 5.70 Å². The summed E-state index contributed by atoms with van der Waals surface area (Å²) in [5.41, 5.74) is 0.347. The zero-order valence-electron chi connectivity index (χ0n) is 12.9. The van der Waals surface area contributed by atoms with Crippen LogP contribution in [0.5, 0.6) is 0 Å². The molecule has 1 atom stereocenters. The first-order chi connectivity index (χ1) is 10.4. The number of methoxy groups -OCH3 is 1. The molecule has 0 heterocycles. The zero-order chi connectivity index (χ0) is 16.6. The van der Waals surface area contributed by atoms with Gasteiger partial charge >= 0.3 is 5.97 Å². The molecule has 0 spiro atoms. The first-order valence-electron chi connectivity index (χ1n) is 6.75. The lowest BCUT2D eigenvalue weighted by molar-refractivity contribution is -0.136. The number of amides is 1. The molecular formula is C15H20NO5P. The highest BCUT2D eigenvalue weighted by atomic mass is 31.2. The minimum atomic E-state index is -2.85. The van der Waals surface area contributed by atoms with Crippen molar-refractivity contribution in [2.45, 2.75) is 6.92 Å². The maximum Gasteiger partial charge on any atom is 0.354 e. The van der Waals surface area contributed by atoms with E-state index in [0.29, 0.717) is 12.2 Å². The predicted octanol–water partition coefficient (Wildman–Crippen LogP) is 2.42. The number of carbonyl (C=O) groups excluding carboxylic acids is 2. The number of ether oxygens (including phenoxy) is 1. The average molecular weight is 325 g/mol. The maximum atomic E-state index is 12.1. The molecule has 1 N–H and O–H groups in total. The van der Waals surface area contributed by atoms with Crippen LogP contribution >= 0.6 is 7.37 Å². The second-order valence-corrected chi connectivity index (χ2v) is 7.20. The Morgan fingerprint density at radius 2 is 1.91 bits per heavy atom. The van der Waals surface area contributed by atoms with Gasteiger partial charge in [-0.25, -0.2) is 4.79 Å². The van der Waals surface area contributed by atoms with Gasteiger partial charge in [-0.05, 0) is 25.1 Å². The molecule has 0 aromatic heterocycles. The molecule has 0 bridgehead atoms. The van der Waals surface area contributed by atoms with E-state index in [1.54, 1.807) is 37.3 Å². The van der Waals surface area contributed by atoms with Gasteiger partial charge in [0, 0.05) is 18.4 Å². The monoisotopic (exact) mass is 325 g/mol. The third-order valence-corrected chi connectivity index (χ3v) is 4.37. The van der Waals surface area contributed by atoms with Gasteiger partial charge in [-0.15, -0.1) is 0 Å². The molecule has 0 saturated heterocycles. The van der Waals surface area contributed by atoms with Crippen molar-refractivity contribution in [2.24, 2.45) is 0 Å². The summed E-state index contributed by atoms with van der Waals surface area (Å²) in [5, 5.41) is 2.47. The second-order valence-electron chi connectivity index (χ2n) is 4.54. The fourth-order valence-corrected chi connectivity index (χ4v) is 2.83. The quantitative estimate of drug-likeness (QED) is 0.473. The van der Waals surface area contributed by atoms with Gasteiger partial charge in [0.05, 0.1) is 13.7 Å². The summed E-state index contributed by atoms with van der Waals surface area (Å²) in [6.45, 7) is 3.52. The third-order valence-electron chi connectivity index (χ3n) is 2.72. The van der Waals surface area contributed by atoms with Crippen LogP contribution in [0.4, 0.5) is 0 Å². The predicted molar refractivity (Wildman–Crippen MR) is 84.0 cm³/mol. The number of allylic oxidation sites excluding steroid dienone is 1. The molecule has 0 aliphatic carbocycles. The summed E-state index contributed by atoms with van der Waals surface area (Å²) in [7, 11) is -1.64. The minimum absolute atomic E-state index is 0.0281. The van der Waals surface area contributed by atoms with Crippen molar-refractivity contribution >= 4 is 19.2 Å². The van der Waals surface area contributed by atoms with E-state index in [2.05, 4.69) is 10.1 Å². The molecule has 120 valence electrons. The number of hydrogen-bond donors (Lipinski definition) is 1. The van der Waals surface area contributed by atoms with E-state index < -0.39 is 19.2 Å². The van der Waals surface area contributed by atoms with Crippen LogP contribution in [0.25, 0.3) is 0 Å². The third kappa shape index (κ3) is 5.84. The highest BCUT2D eigenvalue weighted by Gasteiger charge is 2.18. The van der Waals surface area contributed by atoms with Gasteiger partial charge in [-0.2, -0.15) is 0 Å². The van der Waals surface area contributed by atoms with Crippen molar-refractivity contribution in [1.29, 1.82) is 0 Å². The Kier molecular flexibility index (Phi) is 7.02. The zero-order valence-corrected chi connectivity index (χ0v) is 13.8. The van der Waals surface area contributed by atoms with Crippen molar-refractivity contribution in [3.8, 4) is 0 Å². The van der Waals surface area contributed by atoms with E-state index in [1.807, 2.05) is 0 Å². The van der Waals surface area contributed by atoms with Gasteiger partial charge in [0.2, 0.25) is 7.37 Å². The molecule has 1 unspecified atom stereocenters. The Labute approximate surface area is 130 Å². The van der Waals surface area contributed by atoms with Gasteiger partial charge in [0.15, 0.2) is 0 Å². The van der Waals surface area contributed by atoms with Crippen LogP contribution in [0.15, 0.2) is 42.1 Å². The molecule has 1 aromatic carbocycles. The maximum absolute atomic E-state index is 12.1. The number of hydrogen-bond acceptors (Lipinski definition) is 5. The van der Waals surface area contributed by atoms with Crippen LogP contribution < -0.4 is 5.32 Å². The standard InChI is InChI=1S/C15H20NO5P/c1-4-21-22(3,19)11-10-13(15(18)20-2)16-14(17)12-8-6-5-7-9-12/h5-10H,4,11H2,1-3H3,(H,16,17). The topological polar surface area (TPSA) is 81.7 Å². The van der Waals surface area contributed by atoms with E-state index in [-0.39, 0.29) is 11.9 Å². The highest BCUT2D eigenvalue weighted by Crippen LogP contribution is 2.42. The molecule has 6 nitrogen and oxygen atoms in total. The fourth-order valence-electron chi connectivity index (χ4n) is 1.66. The normalized spacial score (nSPS) is 14.0. The van der Waals surface area contributed by atoms with Crippen molar-refractivity contribution < 1.29 is 23.4 Å². The van der Waals surface area contributed by atoms with Crippen molar-refractivity contribution in [3.05, 3.63) is 47.7 Å². The largest absolute Gasteiger partial charge is 0.464 e. The van der Waals surface area contributed by atoms with E-state index in [1.165, 1.54) is 19.9 Å². The minimum Gasteiger partial charge on any atom is -0.464 e. The Morgan fingerprint density at radius 3 is 2.45 bits per heavy atom. The molecule has 0 fully saturated rings. The van der Waals surface area contributed by atoms with Crippen LogP contribution in [0, 0.1) is 0 Å². The van der Waals surface area contributed by atoms with Gasteiger partial charge in [-0.3, -0.25) is 9.36 Å². The average Bonchev–Trinajstić information content (AvgIpc) is 2.51. The van der Waals surface area contributed by atoms with Crippen molar-refractivity contribution in [1.82, 2.24) is 5.32 Å². The molecule has 1 aromatic rings. The summed E-state index contributed by atoms with van der Waals surface area (Å²) in [5.74, 6) is -1.15. The fraction of sp³-hybridized carbons (Fsp3) is 0.333. The molecule has 1 amide bonds. The van der Waals surface area contributed by atoms with Crippen LogP contribution in [0.3, 0.4) is 0 Å². The number of esters is 1. The van der Waals surface area contributed by atoms with Crippen LogP contribution in [-0.4, -0.2) is 38.4 Å². The van der Waals surface area contributed by atoms with Crippen LogP contribution in [0.2, 0.25) is 0 Å². The van der Waals surface area contributed by atoms with Crippen LogP contribution in [0.1, 0.15) is 17.3 Å². The van der Waals surface area contributed by atoms with Crippen LogP contribution in [-0.2, 0) is 18.6 Å². The molecule has 1 rings (SSSR count). The Morgan fingerprint density at radius 1 is 1.27 bits per heavy atom. The first kappa shape index (κ1) is 18.1. The number of benzene rings is 1. The molecule has 0 aliphatic heterocycles. The summed E-state index contributed by atoms with van der Waals surface area (Å²) in [6, 6.07) is 8.45. The molecule has 7 heteroatoms. The highest BCUT2D eigenvalue weighted by molar-refractivity contribution is 7.58. The first-order valence-corrected chi connectivity index (χ1v) is 9.01. The van der Waals surface area contributed by atoms with Crippen molar-refractivity contribution in [3.63, 3.8) is 0 Å². The molecular weight excluding hydrogens is 305 g/mol. The van der Waals surface area contributed by atoms with E-state index in [0.717, 1.165) is 0 Å².